The average Bonchev–Trinajstić information content (AvgIpc) is 2.80. The van der Waals surface area contributed by atoms with Crippen LogP contribution in [0.1, 0.15) is 34.6 Å². The number of rotatable bonds is 2. The topological polar surface area (TPSA) is 63.2 Å². The molecule has 118 valence electrons. The lowest BCUT2D eigenvalue weighted by atomic mass is 9.98. The highest BCUT2D eigenvalue weighted by atomic mass is 16.9. The summed E-state index contributed by atoms with van der Waals surface area (Å²) >= 11 is 0. The molecule has 6 heteroatoms. The van der Waals surface area contributed by atoms with Crippen LogP contribution in [-0.4, -0.2) is 48.1 Å². The summed E-state index contributed by atoms with van der Waals surface area (Å²) < 4.78 is 29.5. The van der Waals surface area contributed by atoms with Crippen LogP contribution in [0.15, 0.2) is 12.2 Å². The average molecular weight is 298 g/mol. The molecule has 0 unspecified atom stereocenters. The van der Waals surface area contributed by atoms with Gasteiger partial charge in [-0.25, -0.2) is 0 Å². The first-order chi connectivity index (χ1) is 9.67. The van der Waals surface area contributed by atoms with E-state index in [-0.39, 0.29) is 24.1 Å². The van der Waals surface area contributed by atoms with Crippen LogP contribution in [-0.2, 0) is 28.5 Å². The number of ether oxygens (including phenoxy) is 5. The van der Waals surface area contributed by atoms with Gasteiger partial charge in [-0.2, -0.15) is 0 Å². The van der Waals surface area contributed by atoms with Gasteiger partial charge in [0.2, 0.25) is 0 Å². The lowest BCUT2D eigenvalue weighted by molar-refractivity contribution is -0.222. The van der Waals surface area contributed by atoms with E-state index in [2.05, 4.69) is 0 Å². The maximum absolute atomic E-state index is 11.2. The molecule has 0 bridgehead atoms. The number of allylic oxidation sites excluding steroid dienone is 1. The van der Waals surface area contributed by atoms with E-state index in [1.807, 2.05) is 27.7 Å². The third-order valence-electron chi connectivity index (χ3n) is 3.71. The molecule has 0 amide bonds. The van der Waals surface area contributed by atoms with Crippen LogP contribution < -0.4 is 0 Å². The van der Waals surface area contributed by atoms with Gasteiger partial charge in [0.05, 0.1) is 0 Å². The Morgan fingerprint density at radius 3 is 2.14 bits per heavy atom. The molecular formula is C15H22O6. The third-order valence-corrected chi connectivity index (χ3v) is 3.71. The van der Waals surface area contributed by atoms with Gasteiger partial charge in [-0.05, 0) is 46.8 Å². The molecule has 3 fully saturated rings. The van der Waals surface area contributed by atoms with E-state index in [0.29, 0.717) is 0 Å². The lowest BCUT2D eigenvalue weighted by Crippen LogP contribution is -2.54. The number of fused-ring (bicyclic) bond motifs is 3. The second-order valence-corrected chi connectivity index (χ2v) is 6.60. The molecule has 0 aromatic heterocycles. The zero-order chi connectivity index (χ0) is 15.4. The summed E-state index contributed by atoms with van der Waals surface area (Å²) in [5, 5.41) is 0. The van der Waals surface area contributed by atoms with Crippen molar-refractivity contribution >= 4 is 5.78 Å². The molecule has 0 N–H and O–H groups in total. The predicted molar refractivity (Wildman–Crippen MR) is 72.3 cm³/mol. The summed E-state index contributed by atoms with van der Waals surface area (Å²) in [6.07, 6.45) is 1.30. The van der Waals surface area contributed by atoms with E-state index in [1.165, 1.54) is 13.0 Å². The highest BCUT2D eigenvalue weighted by Gasteiger charge is 2.60. The summed E-state index contributed by atoms with van der Waals surface area (Å²) in [5.41, 5.74) is 0. The SMILES string of the molecule is CC(=O)/C=C\[C@H]1O[C@@H]2OC(C)(C)O[C@@H]2[C@H]2OC(C)(C)O[C@H]21. The minimum absolute atomic E-state index is 0.0423. The van der Waals surface area contributed by atoms with Gasteiger partial charge < -0.3 is 23.7 Å². The summed E-state index contributed by atoms with van der Waals surface area (Å²) in [7, 11) is 0. The molecule has 3 saturated heterocycles. The highest BCUT2D eigenvalue weighted by Crippen LogP contribution is 2.44. The van der Waals surface area contributed by atoms with Gasteiger partial charge in [0.1, 0.15) is 24.4 Å². The molecule has 0 aromatic rings. The summed E-state index contributed by atoms with van der Waals surface area (Å²) in [5.74, 6) is -1.49. The Bertz CT molecular complexity index is 469. The van der Waals surface area contributed by atoms with Crippen molar-refractivity contribution in [1.29, 1.82) is 0 Å². The van der Waals surface area contributed by atoms with Crippen LogP contribution >= 0.6 is 0 Å². The van der Waals surface area contributed by atoms with E-state index < -0.39 is 24.0 Å². The molecule has 0 saturated carbocycles. The standard InChI is InChI=1S/C15H22O6/c1-8(16)6-7-9-10-11(19-14(2,3)18-10)12-13(17-9)21-15(4,5)20-12/h6-7,9-13H,1-5H3/b7-6-/t9-,10+,11+,12-,13-/m1/s1. The minimum atomic E-state index is -0.727. The van der Waals surface area contributed by atoms with Gasteiger partial charge >= 0.3 is 0 Å². The maximum Gasteiger partial charge on any atom is 0.190 e. The zero-order valence-corrected chi connectivity index (χ0v) is 13.0. The van der Waals surface area contributed by atoms with Gasteiger partial charge in [-0.1, -0.05) is 0 Å². The van der Waals surface area contributed by atoms with Crippen LogP contribution in [0.4, 0.5) is 0 Å². The zero-order valence-electron chi connectivity index (χ0n) is 13.0. The molecule has 5 atom stereocenters. The summed E-state index contributed by atoms with van der Waals surface area (Å²) in [6, 6.07) is 0. The third kappa shape index (κ3) is 2.91. The molecule has 21 heavy (non-hydrogen) atoms. The van der Waals surface area contributed by atoms with Crippen LogP contribution in [0.2, 0.25) is 0 Å². The molecule has 0 radical (unpaired) electrons. The summed E-state index contributed by atoms with van der Waals surface area (Å²) in [4.78, 5) is 11.2. The van der Waals surface area contributed by atoms with Crippen molar-refractivity contribution in [2.75, 3.05) is 0 Å². The fraction of sp³-hybridized carbons (Fsp3) is 0.800. The Balaban J connectivity index is 1.86. The van der Waals surface area contributed by atoms with Crippen LogP contribution in [0.5, 0.6) is 0 Å². The molecule has 3 heterocycles. The second-order valence-electron chi connectivity index (χ2n) is 6.60. The molecule has 3 rings (SSSR count). The Hall–Kier alpha value is -0.790. The van der Waals surface area contributed by atoms with Crippen molar-refractivity contribution in [2.24, 2.45) is 0 Å². The quantitative estimate of drug-likeness (QED) is 0.720. The van der Waals surface area contributed by atoms with E-state index in [4.69, 9.17) is 23.7 Å². The number of carbonyl (C=O) groups is 1. The van der Waals surface area contributed by atoms with Crippen molar-refractivity contribution < 1.29 is 28.5 Å². The normalized spacial score (nSPS) is 43.8. The molecule has 0 aromatic carbocycles. The van der Waals surface area contributed by atoms with E-state index in [9.17, 15) is 4.79 Å². The molecule has 0 spiro atoms. The van der Waals surface area contributed by atoms with Gasteiger partial charge in [0.25, 0.3) is 0 Å². The first-order valence-corrected chi connectivity index (χ1v) is 7.22. The fourth-order valence-electron chi connectivity index (χ4n) is 3.03. The number of hydrogen-bond acceptors (Lipinski definition) is 6. The molecule has 0 aliphatic carbocycles. The van der Waals surface area contributed by atoms with Crippen LogP contribution in [0.3, 0.4) is 0 Å². The van der Waals surface area contributed by atoms with E-state index >= 15 is 0 Å². The van der Waals surface area contributed by atoms with Crippen LogP contribution in [0, 0.1) is 0 Å². The van der Waals surface area contributed by atoms with Crippen molar-refractivity contribution in [3.05, 3.63) is 12.2 Å². The Morgan fingerprint density at radius 1 is 0.905 bits per heavy atom. The highest BCUT2D eigenvalue weighted by molar-refractivity contribution is 5.87. The van der Waals surface area contributed by atoms with E-state index in [0.717, 1.165) is 0 Å². The van der Waals surface area contributed by atoms with Crippen molar-refractivity contribution in [2.45, 2.75) is 76.9 Å². The number of hydrogen-bond donors (Lipinski definition) is 0. The predicted octanol–water partition coefficient (Wildman–Crippen LogP) is 1.53. The van der Waals surface area contributed by atoms with Gasteiger partial charge in [-0.3, -0.25) is 4.79 Å². The first-order valence-electron chi connectivity index (χ1n) is 7.22. The van der Waals surface area contributed by atoms with E-state index in [1.54, 1.807) is 6.08 Å². The molecule has 3 aliphatic rings. The van der Waals surface area contributed by atoms with Crippen LogP contribution in [0.25, 0.3) is 0 Å². The first kappa shape index (κ1) is 15.1. The Kier molecular flexibility index (Phi) is 3.50. The number of carbonyl (C=O) groups excluding carboxylic acids is 1. The Morgan fingerprint density at radius 2 is 1.48 bits per heavy atom. The smallest absolute Gasteiger partial charge is 0.190 e. The Labute approximate surface area is 124 Å². The van der Waals surface area contributed by atoms with Gasteiger partial charge in [0.15, 0.2) is 23.6 Å². The second kappa shape index (κ2) is 4.86. The largest absolute Gasteiger partial charge is 0.342 e. The molecule has 6 nitrogen and oxygen atoms in total. The maximum atomic E-state index is 11.2. The van der Waals surface area contributed by atoms with Gasteiger partial charge in [-0.15, -0.1) is 0 Å². The fourth-order valence-corrected chi connectivity index (χ4v) is 3.03. The molecular weight excluding hydrogens is 276 g/mol. The monoisotopic (exact) mass is 298 g/mol. The number of ketones is 1. The minimum Gasteiger partial charge on any atom is -0.342 e. The van der Waals surface area contributed by atoms with Gasteiger partial charge in [0, 0.05) is 0 Å². The summed E-state index contributed by atoms with van der Waals surface area (Å²) in [6.45, 7) is 8.88. The van der Waals surface area contributed by atoms with Crippen molar-refractivity contribution in [3.8, 4) is 0 Å². The van der Waals surface area contributed by atoms with Crippen molar-refractivity contribution in [1.82, 2.24) is 0 Å². The molecule has 3 aliphatic heterocycles. The van der Waals surface area contributed by atoms with Crippen molar-refractivity contribution in [3.63, 3.8) is 0 Å². The lowest BCUT2D eigenvalue weighted by Gasteiger charge is -2.35.